The summed E-state index contributed by atoms with van der Waals surface area (Å²) >= 11 is 0. The van der Waals surface area contributed by atoms with Gasteiger partial charge in [-0.05, 0) is 67.8 Å². The molecule has 0 aliphatic heterocycles. The predicted octanol–water partition coefficient (Wildman–Crippen LogP) is 3.21. The van der Waals surface area contributed by atoms with Gasteiger partial charge in [0.15, 0.2) is 0 Å². The molecule has 0 aromatic heterocycles. The van der Waals surface area contributed by atoms with E-state index in [2.05, 4.69) is 5.32 Å². The lowest BCUT2D eigenvalue weighted by molar-refractivity contribution is 0.239. The lowest BCUT2D eigenvalue weighted by Crippen LogP contribution is -2.35. The summed E-state index contributed by atoms with van der Waals surface area (Å²) in [6.07, 6.45) is 4.65. The van der Waals surface area contributed by atoms with Gasteiger partial charge in [0, 0.05) is 6.04 Å². The predicted molar refractivity (Wildman–Crippen MR) is 62.8 cm³/mol. The van der Waals surface area contributed by atoms with Gasteiger partial charge < -0.3 is 5.32 Å². The van der Waals surface area contributed by atoms with Crippen LogP contribution in [-0.4, -0.2) is 12.6 Å². The molecule has 2 atom stereocenters. The second-order valence-corrected chi connectivity index (χ2v) is 5.29. The van der Waals surface area contributed by atoms with E-state index in [9.17, 15) is 8.78 Å². The number of rotatable bonds is 4. The molecule has 17 heavy (non-hydrogen) atoms. The molecule has 1 nitrogen and oxygen atoms in total. The third kappa shape index (κ3) is 2.34. The fraction of sp³-hybridized carbons (Fsp3) is 0.571. The molecule has 0 amide bonds. The minimum Gasteiger partial charge on any atom is -0.314 e. The standard InChI is InChI=1S/C14H17F2N/c15-10-2-6-14(16)13(7-10)12-5-1-9(12)8-17-11-3-4-11/h2,6-7,9,11-12,17H,1,3-5,8H2. The molecule has 92 valence electrons. The molecular formula is C14H17F2N. The monoisotopic (exact) mass is 237 g/mol. The van der Waals surface area contributed by atoms with Crippen LogP contribution < -0.4 is 5.32 Å². The molecule has 0 spiro atoms. The van der Waals surface area contributed by atoms with Gasteiger partial charge in [-0.3, -0.25) is 0 Å². The maximum atomic E-state index is 13.6. The lowest BCUT2D eigenvalue weighted by Gasteiger charge is -2.37. The average molecular weight is 237 g/mol. The van der Waals surface area contributed by atoms with E-state index in [4.69, 9.17) is 0 Å². The van der Waals surface area contributed by atoms with Crippen molar-refractivity contribution < 1.29 is 8.78 Å². The van der Waals surface area contributed by atoms with Crippen molar-refractivity contribution in [3.63, 3.8) is 0 Å². The number of benzene rings is 1. The van der Waals surface area contributed by atoms with Gasteiger partial charge in [0.2, 0.25) is 0 Å². The molecule has 0 heterocycles. The highest BCUT2D eigenvalue weighted by atomic mass is 19.1. The van der Waals surface area contributed by atoms with Crippen LogP contribution in [0.4, 0.5) is 8.78 Å². The number of hydrogen-bond acceptors (Lipinski definition) is 1. The topological polar surface area (TPSA) is 12.0 Å². The number of hydrogen-bond donors (Lipinski definition) is 1. The molecule has 2 aliphatic carbocycles. The van der Waals surface area contributed by atoms with E-state index in [1.165, 1.54) is 31.0 Å². The van der Waals surface area contributed by atoms with E-state index in [1.54, 1.807) is 0 Å². The minimum atomic E-state index is -0.331. The molecule has 3 heteroatoms. The van der Waals surface area contributed by atoms with Crippen molar-refractivity contribution in [3.8, 4) is 0 Å². The van der Waals surface area contributed by atoms with Crippen molar-refractivity contribution in [3.05, 3.63) is 35.4 Å². The molecule has 1 N–H and O–H groups in total. The molecule has 2 saturated carbocycles. The second kappa shape index (κ2) is 4.37. The molecular weight excluding hydrogens is 220 g/mol. The number of halogens is 2. The summed E-state index contributed by atoms with van der Waals surface area (Å²) in [6, 6.07) is 4.49. The fourth-order valence-electron chi connectivity index (χ4n) is 2.63. The third-order valence-electron chi connectivity index (χ3n) is 4.02. The van der Waals surface area contributed by atoms with Gasteiger partial charge in [0.25, 0.3) is 0 Å². The molecule has 3 rings (SSSR count). The van der Waals surface area contributed by atoms with Crippen molar-refractivity contribution in [2.45, 2.75) is 37.6 Å². The minimum absolute atomic E-state index is 0.206. The van der Waals surface area contributed by atoms with Crippen molar-refractivity contribution in [2.24, 2.45) is 5.92 Å². The number of nitrogens with one attached hydrogen (secondary N) is 1. The summed E-state index contributed by atoms with van der Waals surface area (Å²) in [5.74, 6) is 0.0959. The first-order valence-electron chi connectivity index (χ1n) is 6.42. The van der Waals surface area contributed by atoms with Gasteiger partial charge >= 0.3 is 0 Å². The molecule has 2 aliphatic rings. The van der Waals surface area contributed by atoms with Crippen molar-refractivity contribution in [2.75, 3.05) is 6.54 Å². The first-order chi connectivity index (χ1) is 8.24. The maximum Gasteiger partial charge on any atom is 0.126 e. The zero-order valence-electron chi connectivity index (χ0n) is 9.76. The summed E-state index contributed by atoms with van der Waals surface area (Å²) in [5, 5.41) is 3.48. The molecule has 0 radical (unpaired) electrons. The largest absolute Gasteiger partial charge is 0.314 e. The highest BCUT2D eigenvalue weighted by Gasteiger charge is 2.35. The second-order valence-electron chi connectivity index (χ2n) is 5.29. The Labute approximate surface area is 100 Å². The van der Waals surface area contributed by atoms with Crippen LogP contribution >= 0.6 is 0 Å². The van der Waals surface area contributed by atoms with Crippen molar-refractivity contribution in [1.82, 2.24) is 5.32 Å². The molecule has 1 aromatic rings. The van der Waals surface area contributed by atoms with Crippen molar-refractivity contribution >= 4 is 0 Å². The summed E-state index contributed by atoms with van der Waals surface area (Å²) in [6.45, 7) is 0.950. The first-order valence-corrected chi connectivity index (χ1v) is 6.42. The van der Waals surface area contributed by atoms with Gasteiger partial charge in [-0.15, -0.1) is 0 Å². The van der Waals surface area contributed by atoms with E-state index in [0.29, 0.717) is 17.5 Å². The summed E-state index contributed by atoms with van der Waals surface area (Å²) < 4.78 is 26.8. The quantitative estimate of drug-likeness (QED) is 0.848. The van der Waals surface area contributed by atoms with Crippen LogP contribution in [0.3, 0.4) is 0 Å². The Morgan fingerprint density at radius 3 is 2.59 bits per heavy atom. The fourth-order valence-corrected chi connectivity index (χ4v) is 2.63. The van der Waals surface area contributed by atoms with Crippen LogP contribution in [0.2, 0.25) is 0 Å². The van der Waals surface area contributed by atoms with Gasteiger partial charge in [-0.2, -0.15) is 0 Å². The molecule has 1 aromatic carbocycles. The maximum absolute atomic E-state index is 13.6. The zero-order chi connectivity index (χ0) is 11.8. The first kappa shape index (κ1) is 11.1. The van der Waals surface area contributed by atoms with E-state index in [-0.39, 0.29) is 17.6 Å². The Balaban J connectivity index is 1.67. The highest BCUT2D eigenvalue weighted by Crippen LogP contribution is 2.43. The van der Waals surface area contributed by atoms with Crippen LogP contribution in [-0.2, 0) is 0 Å². The Hall–Kier alpha value is -0.960. The van der Waals surface area contributed by atoms with Crippen LogP contribution in [0, 0.1) is 17.6 Å². The summed E-state index contributed by atoms with van der Waals surface area (Å²) in [7, 11) is 0. The molecule has 0 bridgehead atoms. The van der Waals surface area contributed by atoms with E-state index >= 15 is 0 Å². The van der Waals surface area contributed by atoms with Gasteiger partial charge in [-0.1, -0.05) is 0 Å². The Kier molecular flexibility index (Phi) is 2.87. The summed E-state index contributed by atoms with van der Waals surface area (Å²) in [5.41, 5.74) is 0.568. The third-order valence-corrected chi connectivity index (χ3v) is 4.02. The zero-order valence-corrected chi connectivity index (χ0v) is 9.76. The highest BCUT2D eigenvalue weighted by molar-refractivity contribution is 5.25. The van der Waals surface area contributed by atoms with Crippen LogP contribution in [0.25, 0.3) is 0 Å². The van der Waals surface area contributed by atoms with Crippen molar-refractivity contribution in [1.29, 1.82) is 0 Å². The van der Waals surface area contributed by atoms with Crippen LogP contribution in [0.1, 0.15) is 37.2 Å². The molecule has 2 fully saturated rings. The normalized spacial score (nSPS) is 27.9. The Morgan fingerprint density at radius 1 is 1.12 bits per heavy atom. The smallest absolute Gasteiger partial charge is 0.126 e. The van der Waals surface area contributed by atoms with Crippen LogP contribution in [0.15, 0.2) is 18.2 Å². The van der Waals surface area contributed by atoms with E-state index < -0.39 is 0 Å². The lowest BCUT2D eigenvalue weighted by atomic mass is 9.70. The van der Waals surface area contributed by atoms with Gasteiger partial charge in [0.1, 0.15) is 11.6 Å². The summed E-state index contributed by atoms with van der Waals surface area (Å²) in [4.78, 5) is 0. The van der Waals surface area contributed by atoms with Crippen LogP contribution in [0.5, 0.6) is 0 Å². The van der Waals surface area contributed by atoms with E-state index in [1.807, 2.05) is 0 Å². The SMILES string of the molecule is Fc1ccc(F)c(C2CCC2CNC2CC2)c1. The Morgan fingerprint density at radius 2 is 1.94 bits per heavy atom. The molecule has 0 saturated heterocycles. The van der Waals surface area contributed by atoms with Gasteiger partial charge in [-0.25, -0.2) is 8.78 Å². The average Bonchev–Trinajstić information content (AvgIpc) is 3.06. The van der Waals surface area contributed by atoms with Gasteiger partial charge in [0.05, 0.1) is 0 Å². The van der Waals surface area contributed by atoms with E-state index in [0.717, 1.165) is 19.4 Å². The Bertz CT molecular complexity index is 415. The molecule has 2 unspecified atom stereocenters.